The van der Waals surface area contributed by atoms with Crippen LogP contribution >= 0.6 is 0 Å². The van der Waals surface area contributed by atoms with E-state index in [2.05, 4.69) is 11.0 Å². The number of carbonyl (C=O) groups is 1. The maximum absolute atomic E-state index is 11.8. The summed E-state index contributed by atoms with van der Waals surface area (Å²) < 4.78 is 17.6. The average molecular weight is 500 g/mol. The highest BCUT2D eigenvalue weighted by molar-refractivity contribution is 5.73. The Bertz CT molecular complexity index is 1240. The molecule has 0 atom stereocenters. The highest BCUT2D eigenvalue weighted by Gasteiger charge is 2.21. The van der Waals surface area contributed by atoms with Gasteiger partial charge in [0.2, 0.25) is 5.91 Å². The quantitative estimate of drug-likeness (QED) is 0.440. The molecule has 0 unspecified atom stereocenters. The minimum Gasteiger partial charge on any atom is -0.496 e. The number of hydrogen-bond acceptors (Lipinski definition) is 6. The molecule has 1 fully saturated rings. The van der Waals surface area contributed by atoms with E-state index in [-0.39, 0.29) is 12.5 Å². The van der Waals surface area contributed by atoms with Gasteiger partial charge in [0.25, 0.3) is 0 Å². The molecular formula is C30H33N3O4. The number of ether oxygens (including phenoxy) is 3. The standard InChI is InChI=1S/C30H33N3O4/c1-22(34)33-14-8-13-32(15-16-33)20-28-29(35-2)17-25(18-30(28)36-3)37-21-24-11-7-12-26(27(24)19-31)23-9-5-4-6-10-23/h4-7,9-12,17-18H,8,13-16,20-21H2,1-3H3. The molecule has 37 heavy (non-hydrogen) atoms. The molecule has 0 bridgehead atoms. The Morgan fingerprint density at radius 3 is 2.32 bits per heavy atom. The second kappa shape index (κ2) is 12.3. The van der Waals surface area contributed by atoms with Crippen molar-refractivity contribution in [1.29, 1.82) is 5.26 Å². The second-order valence-electron chi connectivity index (χ2n) is 9.05. The maximum atomic E-state index is 11.8. The van der Waals surface area contributed by atoms with E-state index in [4.69, 9.17) is 14.2 Å². The van der Waals surface area contributed by atoms with Gasteiger partial charge in [-0.3, -0.25) is 9.69 Å². The number of carbonyl (C=O) groups excluding carboxylic acids is 1. The predicted molar refractivity (Wildman–Crippen MR) is 143 cm³/mol. The van der Waals surface area contributed by atoms with Gasteiger partial charge in [-0.05, 0) is 17.5 Å². The van der Waals surface area contributed by atoms with Gasteiger partial charge in [-0.2, -0.15) is 5.26 Å². The lowest BCUT2D eigenvalue weighted by atomic mass is 9.96. The predicted octanol–water partition coefficient (Wildman–Crippen LogP) is 4.88. The van der Waals surface area contributed by atoms with Crippen LogP contribution in [0.3, 0.4) is 0 Å². The first-order valence-corrected chi connectivity index (χ1v) is 12.5. The lowest BCUT2D eigenvalue weighted by Crippen LogP contribution is -2.33. The van der Waals surface area contributed by atoms with Gasteiger partial charge in [0.15, 0.2) is 0 Å². The van der Waals surface area contributed by atoms with Crippen molar-refractivity contribution in [1.82, 2.24) is 9.80 Å². The SMILES string of the molecule is COc1cc(OCc2cccc(-c3ccccc3)c2C#N)cc(OC)c1CN1CCCN(C(C)=O)CC1. The third-order valence-electron chi connectivity index (χ3n) is 6.74. The summed E-state index contributed by atoms with van der Waals surface area (Å²) in [5.41, 5.74) is 4.23. The molecular weight excluding hydrogens is 466 g/mol. The molecule has 1 saturated heterocycles. The lowest BCUT2D eigenvalue weighted by Gasteiger charge is -2.24. The Balaban J connectivity index is 1.53. The Labute approximate surface area is 218 Å². The molecule has 0 aliphatic carbocycles. The first-order chi connectivity index (χ1) is 18.0. The summed E-state index contributed by atoms with van der Waals surface area (Å²) in [4.78, 5) is 16.0. The van der Waals surface area contributed by atoms with Crippen molar-refractivity contribution in [3.63, 3.8) is 0 Å². The molecule has 192 valence electrons. The van der Waals surface area contributed by atoms with Gasteiger partial charge in [0.1, 0.15) is 29.9 Å². The molecule has 3 aromatic rings. The Morgan fingerprint density at radius 2 is 1.68 bits per heavy atom. The van der Waals surface area contributed by atoms with E-state index >= 15 is 0 Å². The average Bonchev–Trinajstić information content (AvgIpc) is 3.18. The van der Waals surface area contributed by atoms with E-state index in [1.54, 1.807) is 21.1 Å². The van der Waals surface area contributed by atoms with Gasteiger partial charge >= 0.3 is 0 Å². The molecule has 7 heteroatoms. The smallest absolute Gasteiger partial charge is 0.219 e. The maximum Gasteiger partial charge on any atom is 0.219 e. The Hall–Kier alpha value is -4.02. The first kappa shape index (κ1) is 26.1. The van der Waals surface area contributed by atoms with Crippen LogP contribution in [0.1, 0.15) is 30.0 Å². The van der Waals surface area contributed by atoms with Gasteiger partial charge in [0.05, 0.1) is 25.3 Å². The van der Waals surface area contributed by atoms with E-state index in [0.717, 1.165) is 48.3 Å². The number of benzene rings is 3. The summed E-state index contributed by atoms with van der Waals surface area (Å²) in [6, 6.07) is 21.8. The van der Waals surface area contributed by atoms with Crippen LogP contribution < -0.4 is 14.2 Å². The minimum absolute atomic E-state index is 0.118. The van der Waals surface area contributed by atoms with Crippen molar-refractivity contribution in [3.8, 4) is 34.4 Å². The molecule has 1 aliphatic heterocycles. The molecule has 1 amide bonds. The zero-order valence-corrected chi connectivity index (χ0v) is 21.7. The normalized spacial score (nSPS) is 13.9. The number of hydrogen-bond donors (Lipinski definition) is 0. The van der Waals surface area contributed by atoms with Crippen LogP contribution in [0.4, 0.5) is 0 Å². The van der Waals surface area contributed by atoms with Gasteiger partial charge in [-0.15, -0.1) is 0 Å². The monoisotopic (exact) mass is 499 g/mol. The fourth-order valence-corrected chi connectivity index (χ4v) is 4.74. The number of rotatable bonds is 8. The van der Waals surface area contributed by atoms with Gasteiger partial charge in [-0.25, -0.2) is 0 Å². The van der Waals surface area contributed by atoms with Crippen molar-refractivity contribution in [3.05, 3.63) is 77.4 Å². The largest absolute Gasteiger partial charge is 0.496 e. The molecule has 1 heterocycles. The fraction of sp³-hybridized carbons (Fsp3) is 0.333. The third-order valence-corrected chi connectivity index (χ3v) is 6.74. The zero-order valence-electron chi connectivity index (χ0n) is 21.7. The van der Waals surface area contributed by atoms with E-state index < -0.39 is 0 Å². The summed E-state index contributed by atoms with van der Waals surface area (Å²) in [7, 11) is 3.28. The molecule has 7 nitrogen and oxygen atoms in total. The highest BCUT2D eigenvalue weighted by Crippen LogP contribution is 2.36. The summed E-state index contributed by atoms with van der Waals surface area (Å²) >= 11 is 0. The lowest BCUT2D eigenvalue weighted by molar-refractivity contribution is -0.128. The summed E-state index contributed by atoms with van der Waals surface area (Å²) in [5.74, 6) is 2.08. The molecule has 0 aromatic heterocycles. The van der Waals surface area contributed by atoms with Gasteiger partial charge in [-0.1, -0.05) is 48.5 Å². The molecule has 4 rings (SSSR count). The summed E-state index contributed by atoms with van der Waals surface area (Å²) in [6.07, 6.45) is 0.925. The number of nitriles is 1. The molecule has 0 spiro atoms. The van der Waals surface area contributed by atoms with Crippen molar-refractivity contribution < 1.29 is 19.0 Å². The number of nitrogens with zero attached hydrogens (tertiary/aromatic N) is 3. The van der Waals surface area contributed by atoms with Crippen LogP contribution in [0.2, 0.25) is 0 Å². The van der Waals surface area contributed by atoms with Crippen LogP contribution in [0.15, 0.2) is 60.7 Å². The van der Waals surface area contributed by atoms with Crippen molar-refractivity contribution in [2.75, 3.05) is 40.4 Å². The topological polar surface area (TPSA) is 75.0 Å². The van der Waals surface area contributed by atoms with Crippen molar-refractivity contribution in [2.45, 2.75) is 26.5 Å². The van der Waals surface area contributed by atoms with Crippen LogP contribution in [-0.4, -0.2) is 56.1 Å². The van der Waals surface area contributed by atoms with E-state index in [0.29, 0.717) is 35.9 Å². The van der Waals surface area contributed by atoms with Crippen LogP contribution in [0.25, 0.3) is 11.1 Å². The Kier molecular flexibility index (Phi) is 8.65. The fourth-order valence-electron chi connectivity index (χ4n) is 4.74. The summed E-state index contributed by atoms with van der Waals surface area (Å²) in [6.45, 7) is 5.69. The third kappa shape index (κ3) is 6.22. The van der Waals surface area contributed by atoms with Crippen LogP contribution in [-0.2, 0) is 17.9 Å². The van der Waals surface area contributed by atoms with E-state index in [1.165, 1.54) is 0 Å². The van der Waals surface area contributed by atoms with E-state index in [9.17, 15) is 10.1 Å². The first-order valence-electron chi connectivity index (χ1n) is 12.5. The molecule has 1 aliphatic rings. The van der Waals surface area contributed by atoms with Crippen LogP contribution in [0.5, 0.6) is 17.2 Å². The number of amides is 1. The molecule has 0 N–H and O–H groups in total. The zero-order chi connectivity index (χ0) is 26.2. The summed E-state index contributed by atoms with van der Waals surface area (Å²) in [5, 5.41) is 9.91. The molecule has 0 saturated carbocycles. The van der Waals surface area contributed by atoms with Crippen molar-refractivity contribution in [2.24, 2.45) is 0 Å². The highest BCUT2D eigenvalue weighted by atomic mass is 16.5. The minimum atomic E-state index is 0.118. The van der Waals surface area contributed by atoms with Gasteiger partial charge in [0, 0.05) is 57.3 Å². The molecule has 3 aromatic carbocycles. The van der Waals surface area contributed by atoms with Crippen LogP contribution in [0, 0.1) is 11.3 Å². The number of methoxy groups -OCH3 is 2. The molecule has 0 radical (unpaired) electrons. The van der Waals surface area contributed by atoms with E-state index in [1.807, 2.05) is 65.6 Å². The Morgan fingerprint density at radius 1 is 0.946 bits per heavy atom. The van der Waals surface area contributed by atoms with Gasteiger partial charge < -0.3 is 19.1 Å². The van der Waals surface area contributed by atoms with Crippen molar-refractivity contribution >= 4 is 5.91 Å². The second-order valence-corrected chi connectivity index (χ2v) is 9.05.